The maximum Gasteiger partial charge on any atom is 0.0980 e. The van der Waals surface area contributed by atoms with Gasteiger partial charge in [-0.1, -0.05) is 0 Å². The van der Waals surface area contributed by atoms with Crippen molar-refractivity contribution < 1.29 is 4.74 Å². The lowest BCUT2D eigenvalue weighted by Crippen LogP contribution is -2.44. The van der Waals surface area contributed by atoms with E-state index in [1.54, 1.807) is 0 Å². The third-order valence-corrected chi connectivity index (χ3v) is 2.05. The van der Waals surface area contributed by atoms with Gasteiger partial charge >= 0.3 is 0 Å². The first kappa shape index (κ1) is 7.03. The zero-order valence-corrected chi connectivity index (χ0v) is 6.29. The van der Waals surface area contributed by atoms with Gasteiger partial charge < -0.3 is 4.74 Å². The maximum atomic E-state index is 5.29. The first-order valence-electron chi connectivity index (χ1n) is 3.39. The van der Waals surface area contributed by atoms with E-state index in [2.05, 4.69) is 25.8 Å². The number of rotatable bonds is 0. The lowest BCUT2D eigenvalue weighted by Gasteiger charge is -2.34. The second-order valence-electron chi connectivity index (χ2n) is 2.69. The molecule has 0 aromatic rings. The molecule has 53 valence electrons. The molecule has 9 heavy (non-hydrogen) atoms. The molecule has 2 heteroatoms. The summed E-state index contributed by atoms with van der Waals surface area (Å²) in [6.07, 6.45) is 0.351. The smallest absolute Gasteiger partial charge is 0.0980 e. The van der Waals surface area contributed by atoms with Crippen LogP contribution in [0.2, 0.25) is 0 Å². The number of likely N-dealkylation sites (N-methyl/N-ethyl adjacent to an activating group) is 1. The highest BCUT2D eigenvalue weighted by atomic mass is 16.5. The van der Waals surface area contributed by atoms with Crippen LogP contribution in [-0.4, -0.2) is 30.6 Å². The summed E-state index contributed by atoms with van der Waals surface area (Å²) < 4.78 is 5.29. The van der Waals surface area contributed by atoms with E-state index in [4.69, 9.17) is 4.74 Å². The Morgan fingerprint density at radius 3 is 2.67 bits per heavy atom. The van der Waals surface area contributed by atoms with Gasteiger partial charge in [0.25, 0.3) is 0 Å². The highest BCUT2D eigenvalue weighted by Gasteiger charge is 2.21. The van der Waals surface area contributed by atoms with E-state index in [0.29, 0.717) is 12.1 Å². The highest BCUT2D eigenvalue weighted by molar-refractivity contribution is 4.78. The van der Waals surface area contributed by atoms with Crippen LogP contribution in [0.25, 0.3) is 0 Å². The molecule has 1 saturated heterocycles. The molecule has 0 spiro atoms. The summed E-state index contributed by atoms with van der Waals surface area (Å²) in [4.78, 5) is 2.27. The van der Waals surface area contributed by atoms with Crippen LogP contribution < -0.4 is 0 Å². The summed E-state index contributed by atoms with van der Waals surface area (Å²) in [7, 11) is 2.11. The number of hydrogen-bond acceptors (Lipinski definition) is 2. The predicted molar refractivity (Wildman–Crippen MR) is 36.9 cm³/mol. The topological polar surface area (TPSA) is 12.5 Å². The zero-order chi connectivity index (χ0) is 6.85. The third kappa shape index (κ3) is 1.43. The predicted octanol–water partition coefficient (Wildman–Crippen LogP) is 0.887. The Morgan fingerprint density at radius 2 is 2.22 bits per heavy atom. The SMILES string of the molecule is CC1O[CH]CN(C)C1C. The molecule has 0 aliphatic carbocycles. The van der Waals surface area contributed by atoms with E-state index in [-0.39, 0.29) is 0 Å². The van der Waals surface area contributed by atoms with Gasteiger partial charge in [-0.25, -0.2) is 0 Å². The summed E-state index contributed by atoms with van der Waals surface area (Å²) in [5.74, 6) is 0. The molecule has 1 aliphatic rings. The Labute approximate surface area is 56.8 Å². The summed E-state index contributed by atoms with van der Waals surface area (Å²) >= 11 is 0. The van der Waals surface area contributed by atoms with Crippen molar-refractivity contribution >= 4 is 0 Å². The Bertz CT molecular complexity index is 84.9. The van der Waals surface area contributed by atoms with E-state index in [9.17, 15) is 0 Å². The van der Waals surface area contributed by atoms with E-state index < -0.39 is 0 Å². The van der Waals surface area contributed by atoms with Crippen molar-refractivity contribution in [1.82, 2.24) is 4.90 Å². The Balaban J connectivity index is 2.41. The second kappa shape index (κ2) is 2.67. The van der Waals surface area contributed by atoms with Crippen molar-refractivity contribution in [3.05, 3.63) is 6.61 Å². The lowest BCUT2D eigenvalue weighted by molar-refractivity contribution is -0.00498. The number of nitrogens with zero attached hydrogens (tertiary/aromatic N) is 1. The summed E-state index contributed by atoms with van der Waals surface area (Å²) in [6.45, 7) is 7.09. The van der Waals surface area contributed by atoms with Crippen LogP contribution in [-0.2, 0) is 4.74 Å². The summed E-state index contributed by atoms with van der Waals surface area (Å²) in [5.41, 5.74) is 0. The van der Waals surface area contributed by atoms with Gasteiger partial charge in [0.2, 0.25) is 0 Å². The minimum atomic E-state index is 0.351. The average molecular weight is 128 g/mol. The fourth-order valence-electron chi connectivity index (χ4n) is 0.951. The van der Waals surface area contributed by atoms with Gasteiger partial charge in [-0.3, -0.25) is 4.90 Å². The average Bonchev–Trinajstić information content (AvgIpc) is 1.83. The quantitative estimate of drug-likeness (QED) is 0.480. The molecule has 0 bridgehead atoms. The van der Waals surface area contributed by atoms with Crippen molar-refractivity contribution in [2.45, 2.75) is 26.0 Å². The van der Waals surface area contributed by atoms with Crippen LogP contribution in [0.5, 0.6) is 0 Å². The summed E-state index contributed by atoms with van der Waals surface area (Å²) in [5, 5.41) is 0. The molecule has 1 radical (unpaired) electrons. The van der Waals surface area contributed by atoms with E-state index in [1.165, 1.54) is 0 Å². The van der Waals surface area contributed by atoms with Crippen LogP contribution in [0.3, 0.4) is 0 Å². The Kier molecular flexibility index (Phi) is 2.09. The molecular weight excluding hydrogens is 114 g/mol. The summed E-state index contributed by atoms with van der Waals surface area (Å²) in [6, 6.07) is 0.551. The van der Waals surface area contributed by atoms with Gasteiger partial charge in [-0.2, -0.15) is 0 Å². The fraction of sp³-hybridized carbons (Fsp3) is 0.857. The Hall–Kier alpha value is -0.0800. The molecule has 1 rings (SSSR count). The minimum absolute atomic E-state index is 0.351. The maximum absolute atomic E-state index is 5.29. The molecule has 0 saturated carbocycles. The van der Waals surface area contributed by atoms with Crippen LogP contribution in [0.1, 0.15) is 13.8 Å². The molecule has 1 fully saturated rings. The number of ether oxygens (including phenoxy) is 1. The first-order valence-corrected chi connectivity index (χ1v) is 3.39. The van der Waals surface area contributed by atoms with Crippen molar-refractivity contribution in [2.24, 2.45) is 0 Å². The van der Waals surface area contributed by atoms with Crippen molar-refractivity contribution in [3.63, 3.8) is 0 Å². The monoisotopic (exact) mass is 128 g/mol. The minimum Gasteiger partial charge on any atom is -0.370 e. The van der Waals surface area contributed by atoms with Gasteiger partial charge in [0, 0.05) is 12.6 Å². The molecule has 0 aromatic heterocycles. The zero-order valence-electron chi connectivity index (χ0n) is 6.29. The highest BCUT2D eigenvalue weighted by Crippen LogP contribution is 2.12. The van der Waals surface area contributed by atoms with Crippen LogP contribution >= 0.6 is 0 Å². The van der Waals surface area contributed by atoms with E-state index >= 15 is 0 Å². The molecule has 0 amide bonds. The number of hydrogen-bond donors (Lipinski definition) is 0. The molecule has 1 heterocycles. The molecule has 2 nitrogen and oxygen atoms in total. The third-order valence-electron chi connectivity index (χ3n) is 2.05. The van der Waals surface area contributed by atoms with E-state index in [0.717, 1.165) is 6.54 Å². The molecular formula is C7H14NO. The largest absolute Gasteiger partial charge is 0.370 e. The van der Waals surface area contributed by atoms with Crippen LogP contribution in [0.4, 0.5) is 0 Å². The van der Waals surface area contributed by atoms with Crippen molar-refractivity contribution in [2.75, 3.05) is 13.6 Å². The van der Waals surface area contributed by atoms with Crippen molar-refractivity contribution in [3.8, 4) is 0 Å². The van der Waals surface area contributed by atoms with Gasteiger partial charge in [0.05, 0.1) is 12.7 Å². The molecule has 0 N–H and O–H groups in total. The van der Waals surface area contributed by atoms with Crippen LogP contribution in [0, 0.1) is 6.61 Å². The van der Waals surface area contributed by atoms with Gasteiger partial charge in [0.1, 0.15) is 0 Å². The second-order valence-corrected chi connectivity index (χ2v) is 2.69. The molecule has 1 aliphatic heterocycles. The van der Waals surface area contributed by atoms with Crippen LogP contribution in [0.15, 0.2) is 0 Å². The molecule has 2 unspecified atom stereocenters. The standard InChI is InChI=1S/C7H14NO/c1-6-7(2)9-5-4-8(6)3/h5-7H,4H2,1-3H3. The van der Waals surface area contributed by atoms with Gasteiger partial charge in [0.15, 0.2) is 0 Å². The lowest BCUT2D eigenvalue weighted by atomic mass is 10.1. The van der Waals surface area contributed by atoms with Gasteiger partial charge in [-0.05, 0) is 20.9 Å². The Morgan fingerprint density at radius 1 is 1.56 bits per heavy atom. The molecule has 2 atom stereocenters. The van der Waals surface area contributed by atoms with E-state index in [1.807, 2.05) is 6.61 Å². The van der Waals surface area contributed by atoms with Crippen molar-refractivity contribution in [1.29, 1.82) is 0 Å². The normalized spacial score (nSPS) is 39.0. The number of morpholine rings is 1. The molecule has 0 aromatic carbocycles. The first-order chi connectivity index (χ1) is 4.22. The van der Waals surface area contributed by atoms with Gasteiger partial charge in [-0.15, -0.1) is 0 Å². The fourth-order valence-corrected chi connectivity index (χ4v) is 0.951.